The molecule has 0 saturated heterocycles. The zero-order valence-corrected chi connectivity index (χ0v) is 8.88. The molecule has 3 aromatic rings. The molecule has 0 spiro atoms. The second-order valence-electron chi connectivity index (χ2n) is 3.58. The molecule has 17 heavy (non-hydrogen) atoms. The number of fused-ring (bicyclic) bond motifs is 1. The van der Waals surface area contributed by atoms with Crippen LogP contribution in [0.1, 0.15) is 5.76 Å². The van der Waals surface area contributed by atoms with E-state index in [-0.39, 0.29) is 0 Å². The lowest BCUT2D eigenvalue weighted by Gasteiger charge is -1.95. The zero-order valence-electron chi connectivity index (χ0n) is 8.88. The van der Waals surface area contributed by atoms with E-state index in [1.54, 1.807) is 30.5 Å². The van der Waals surface area contributed by atoms with E-state index in [1.165, 1.54) is 0 Å². The molecule has 0 fully saturated rings. The van der Waals surface area contributed by atoms with Crippen LogP contribution in [0.3, 0.4) is 0 Å². The molecular weight excluding hydrogens is 220 g/mol. The summed E-state index contributed by atoms with van der Waals surface area (Å²) < 4.78 is 10.4. The first-order valence-electron chi connectivity index (χ1n) is 5.11. The number of aromatic nitrogens is 2. The Hall–Kier alpha value is -2.50. The minimum absolute atomic E-state index is 0.432. The first-order chi connectivity index (χ1) is 8.31. The van der Waals surface area contributed by atoms with Crippen LogP contribution in [0.2, 0.25) is 0 Å². The van der Waals surface area contributed by atoms with E-state index in [2.05, 4.69) is 15.5 Å². The molecule has 6 nitrogen and oxygen atoms in total. The van der Waals surface area contributed by atoms with Crippen molar-refractivity contribution in [2.75, 3.05) is 11.1 Å². The predicted molar refractivity (Wildman–Crippen MR) is 62.3 cm³/mol. The maximum Gasteiger partial charge on any atom is 0.296 e. The number of oxazole rings is 1. The number of rotatable bonds is 3. The van der Waals surface area contributed by atoms with Gasteiger partial charge in [0.1, 0.15) is 5.52 Å². The zero-order chi connectivity index (χ0) is 11.7. The summed E-state index contributed by atoms with van der Waals surface area (Å²) in [5.41, 5.74) is 7.74. The maximum absolute atomic E-state index is 5.66. The highest BCUT2D eigenvalue weighted by atomic mass is 16.5. The van der Waals surface area contributed by atoms with Crippen molar-refractivity contribution in [2.24, 2.45) is 0 Å². The van der Waals surface area contributed by atoms with Crippen LogP contribution < -0.4 is 11.1 Å². The smallest absolute Gasteiger partial charge is 0.296 e. The van der Waals surface area contributed by atoms with Gasteiger partial charge in [0.15, 0.2) is 11.3 Å². The molecule has 86 valence electrons. The summed E-state index contributed by atoms with van der Waals surface area (Å²) in [4.78, 5) is 4.25. The molecule has 6 heteroatoms. The lowest BCUT2D eigenvalue weighted by Crippen LogP contribution is -1.97. The number of nitrogen functional groups attached to an aromatic ring is 1. The highest BCUT2D eigenvalue weighted by Crippen LogP contribution is 2.21. The number of nitrogens with one attached hydrogen (secondary N) is 1. The Bertz CT molecular complexity index is 630. The Morgan fingerprint density at radius 2 is 2.24 bits per heavy atom. The highest BCUT2D eigenvalue weighted by Gasteiger charge is 2.06. The molecule has 2 heterocycles. The van der Waals surface area contributed by atoms with Gasteiger partial charge >= 0.3 is 0 Å². The van der Waals surface area contributed by atoms with Crippen LogP contribution >= 0.6 is 0 Å². The van der Waals surface area contributed by atoms with Crippen molar-refractivity contribution >= 4 is 22.8 Å². The van der Waals surface area contributed by atoms with Gasteiger partial charge < -0.3 is 20.0 Å². The van der Waals surface area contributed by atoms with Crippen LogP contribution in [0.25, 0.3) is 11.1 Å². The lowest BCUT2D eigenvalue weighted by atomic mass is 10.3. The van der Waals surface area contributed by atoms with Gasteiger partial charge in [-0.15, -0.1) is 0 Å². The van der Waals surface area contributed by atoms with Gasteiger partial charge in [-0.1, -0.05) is 5.16 Å². The van der Waals surface area contributed by atoms with Crippen molar-refractivity contribution < 1.29 is 8.94 Å². The van der Waals surface area contributed by atoms with Crippen LogP contribution in [-0.2, 0) is 6.54 Å². The van der Waals surface area contributed by atoms with Crippen LogP contribution in [0.4, 0.5) is 11.7 Å². The van der Waals surface area contributed by atoms with E-state index in [0.29, 0.717) is 29.6 Å². The molecule has 2 aromatic heterocycles. The summed E-state index contributed by atoms with van der Waals surface area (Å²) in [6.45, 7) is 0.475. The molecule has 0 atom stereocenters. The molecule has 0 unspecified atom stereocenters. The summed E-state index contributed by atoms with van der Waals surface area (Å²) >= 11 is 0. The molecule has 1 aromatic carbocycles. The molecule has 0 aliphatic rings. The SMILES string of the molecule is Nc1ccc2oc(NCc3ccno3)nc2c1. The van der Waals surface area contributed by atoms with Gasteiger partial charge in [-0.05, 0) is 18.2 Å². The second kappa shape index (κ2) is 3.82. The van der Waals surface area contributed by atoms with Crippen LogP contribution in [0.5, 0.6) is 0 Å². The average molecular weight is 230 g/mol. The number of nitrogens with zero attached hydrogens (tertiary/aromatic N) is 2. The average Bonchev–Trinajstić information content (AvgIpc) is 2.94. The fraction of sp³-hybridized carbons (Fsp3) is 0.0909. The second-order valence-corrected chi connectivity index (χ2v) is 3.58. The Morgan fingerprint density at radius 1 is 1.29 bits per heavy atom. The summed E-state index contributed by atoms with van der Waals surface area (Å²) in [7, 11) is 0. The minimum atomic E-state index is 0.432. The lowest BCUT2D eigenvalue weighted by molar-refractivity contribution is 0.387. The van der Waals surface area contributed by atoms with Gasteiger partial charge in [0.05, 0.1) is 12.7 Å². The normalized spacial score (nSPS) is 10.8. The molecule has 0 saturated carbocycles. The van der Waals surface area contributed by atoms with Gasteiger partial charge in [-0.2, -0.15) is 4.98 Å². The van der Waals surface area contributed by atoms with E-state index in [4.69, 9.17) is 14.7 Å². The largest absolute Gasteiger partial charge is 0.424 e. The van der Waals surface area contributed by atoms with Gasteiger partial charge in [-0.3, -0.25) is 0 Å². The van der Waals surface area contributed by atoms with Crippen LogP contribution in [0.15, 0.2) is 39.4 Å². The van der Waals surface area contributed by atoms with Crippen molar-refractivity contribution in [3.63, 3.8) is 0 Å². The maximum atomic E-state index is 5.66. The molecule has 3 rings (SSSR count). The topological polar surface area (TPSA) is 90.1 Å². The third-order valence-corrected chi connectivity index (χ3v) is 2.32. The Labute approximate surface area is 96.4 Å². The van der Waals surface area contributed by atoms with Gasteiger partial charge in [-0.25, -0.2) is 0 Å². The van der Waals surface area contributed by atoms with Crippen molar-refractivity contribution in [1.82, 2.24) is 10.1 Å². The summed E-state index contributed by atoms with van der Waals surface area (Å²) in [6.07, 6.45) is 1.59. The number of hydrogen-bond donors (Lipinski definition) is 2. The molecule has 0 aliphatic carbocycles. The molecule has 0 amide bonds. The van der Waals surface area contributed by atoms with Crippen LogP contribution in [-0.4, -0.2) is 10.1 Å². The number of anilines is 2. The van der Waals surface area contributed by atoms with E-state index < -0.39 is 0 Å². The van der Waals surface area contributed by atoms with Crippen molar-refractivity contribution in [1.29, 1.82) is 0 Å². The first kappa shape index (κ1) is 9.71. The third kappa shape index (κ3) is 1.92. The van der Waals surface area contributed by atoms with Crippen molar-refractivity contribution in [3.05, 3.63) is 36.2 Å². The Kier molecular flexibility index (Phi) is 2.18. The monoisotopic (exact) mass is 230 g/mol. The van der Waals surface area contributed by atoms with E-state index >= 15 is 0 Å². The number of hydrogen-bond acceptors (Lipinski definition) is 6. The van der Waals surface area contributed by atoms with Gasteiger partial charge in [0, 0.05) is 11.8 Å². The Morgan fingerprint density at radius 3 is 3.06 bits per heavy atom. The molecule has 0 radical (unpaired) electrons. The molecule has 0 bridgehead atoms. The fourth-order valence-corrected chi connectivity index (χ4v) is 1.52. The number of nitrogens with two attached hydrogens (primary N) is 1. The summed E-state index contributed by atoms with van der Waals surface area (Å²) in [5, 5.41) is 6.61. The quantitative estimate of drug-likeness (QED) is 0.669. The standard InChI is InChI=1S/C11H10N4O2/c12-7-1-2-10-9(5-7)15-11(16-10)13-6-8-3-4-14-17-8/h1-5H,6,12H2,(H,13,15). The van der Waals surface area contributed by atoms with E-state index in [1.807, 2.05) is 0 Å². The van der Waals surface area contributed by atoms with Crippen molar-refractivity contribution in [2.45, 2.75) is 6.54 Å². The molecule has 3 N–H and O–H groups in total. The number of benzene rings is 1. The molecule has 0 aliphatic heterocycles. The highest BCUT2D eigenvalue weighted by molar-refractivity contribution is 5.78. The molecular formula is C11H10N4O2. The predicted octanol–water partition coefficient (Wildman–Crippen LogP) is 2.01. The fourth-order valence-electron chi connectivity index (χ4n) is 1.52. The summed E-state index contributed by atoms with van der Waals surface area (Å²) in [6, 6.07) is 7.53. The van der Waals surface area contributed by atoms with Crippen molar-refractivity contribution in [3.8, 4) is 0 Å². The minimum Gasteiger partial charge on any atom is -0.424 e. The van der Waals surface area contributed by atoms with E-state index in [0.717, 1.165) is 5.52 Å². The third-order valence-electron chi connectivity index (χ3n) is 2.32. The van der Waals surface area contributed by atoms with Gasteiger partial charge in [0.2, 0.25) is 0 Å². The van der Waals surface area contributed by atoms with E-state index in [9.17, 15) is 0 Å². The van der Waals surface area contributed by atoms with Gasteiger partial charge in [0.25, 0.3) is 6.01 Å². The van der Waals surface area contributed by atoms with Crippen LogP contribution in [0, 0.1) is 0 Å². The first-order valence-corrected chi connectivity index (χ1v) is 5.11. The summed E-state index contributed by atoms with van der Waals surface area (Å²) in [5.74, 6) is 0.715. The Balaban J connectivity index is 1.81.